The van der Waals surface area contributed by atoms with Gasteiger partial charge in [0.1, 0.15) is 0 Å². The molecule has 0 aliphatic heterocycles. The summed E-state index contributed by atoms with van der Waals surface area (Å²) in [7, 11) is 7.33. The second-order valence-electron chi connectivity index (χ2n) is 2.93. The molecule has 0 aromatic carbocycles. The summed E-state index contributed by atoms with van der Waals surface area (Å²) in [6, 6.07) is 0.0833. The monoisotopic (exact) mass is 138 g/mol. The van der Waals surface area contributed by atoms with Gasteiger partial charge in [0.15, 0.2) is 7.98 Å². The van der Waals surface area contributed by atoms with Crippen LogP contribution in [0.3, 0.4) is 0 Å². The Balaban J connectivity index is 4.12. The number of nitrogens with zero attached hydrogens (tertiary/aromatic N) is 1. The molecule has 0 saturated carbocycles. The highest BCUT2D eigenvalue weighted by molar-refractivity contribution is 6.04. The molecule has 0 rings (SSSR count). The van der Waals surface area contributed by atoms with Crippen molar-refractivity contribution in [1.82, 2.24) is 4.81 Å². The standard InChI is InChI=1S/C7H15BN2/c1-5(2)7(6(3)9)10(4)8/h5,7H,3,9H2,1-2,4H3. The first-order valence-corrected chi connectivity index (χ1v) is 3.38. The van der Waals surface area contributed by atoms with Crippen molar-refractivity contribution in [3.63, 3.8) is 0 Å². The van der Waals surface area contributed by atoms with Gasteiger partial charge in [-0.25, -0.2) is 0 Å². The van der Waals surface area contributed by atoms with Gasteiger partial charge in [-0.15, -0.1) is 0 Å². The van der Waals surface area contributed by atoms with E-state index in [1.165, 1.54) is 0 Å². The second-order valence-corrected chi connectivity index (χ2v) is 2.93. The maximum atomic E-state index is 5.53. The van der Waals surface area contributed by atoms with E-state index in [2.05, 4.69) is 20.4 Å². The van der Waals surface area contributed by atoms with Crippen LogP contribution in [0, 0.1) is 5.92 Å². The quantitative estimate of drug-likeness (QED) is 0.575. The molecule has 3 heteroatoms. The first kappa shape index (κ1) is 9.56. The maximum absolute atomic E-state index is 5.53. The average molecular weight is 138 g/mol. The Morgan fingerprint density at radius 1 is 1.60 bits per heavy atom. The van der Waals surface area contributed by atoms with Crippen LogP contribution in [0.1, 0.15) is 13.8 Å². The highest BCUT2D eigenvalue weighted by Gasteiger charge is 2.15. The topological polar surface area (TPSA) is 29.3 Å². The summed E-state index contributed by atoms with van der Waals surface area (Å²) >= 11 is 0. The SMILES string of the molecule is [B]N(C)C(C(=C)N)C(C)C. The number of likely N-dealkylation sites (N-methyl/N-ethyl adjacent to an activating group) is 1. The van der Waals surface area contributed by atoms with Gasteiger partial charge in [0.05, 0.1) is 0 Å². The second kappa shape index (κ2) is 3.66. The van der Waals surface area contributed by atoms with Crippen LogP contribution >= 0.6 is 0 Å². The number of hydrogen-bond acceptors (Lipinski definition) is 2. The normalized spacial score (nSPS) is 14.1. The van der Waals surface area contributed by atoms with Gasteiger partial charge < -0.3 is 10.5 Å². The number of rotatable bonds is 3. The molecule has 56 valence electrons. The van der Waals surface area contributed by atoms with E-state index in [-0.39, 0.29) is 6.04 Å². The Kier molecular flexibility index (Phi) is 3.51. The smallest absolute Gasteiger partial charge is 0.183 e. The van der Waals surface area contributed by atoms with Crippen LogP contribution in [-0.2, 0) is 0 Å². The third-order valence-electron chi connectivity index (χ3n) is 1.45. The van der Waals surface area contributed by atoms with E-state index in [1.807, 2.05) is 0 Å². The van der Waals surface area contributed by atoms with Gasteiger partial charge in [-0.1, -0.05) is 20.4 Å². The molecule has 0 saturated heterocycles. The van der Waals surface area contributed by atoms with Crippen LogP contribution in [0.15, 0.2) is 12.3 Å². The summed E-state index contributed by atoms with van der Waals surface area (Å²) in [5.74, 6) is 0.410. The Bertz CT molecular complexity index is 113. The molecule has 0 aromatic rings. The zero-order chi connectivity index (χ0) is 8.31. The molecule has 0 amide bonds. The van der Waals surface area contributed by atoms with Gasteiger partial charge in [-0.2, -0.15) is 0 Å². The first-order valence-electron chi connectivity index (χ1n) is 3.38. The molecule has 1 unspecified atom stereocenters. The van der Waals surface area contributed by atoms with Crippen LogP contribution in [0.4, 0.5) is 0 Å². The predicted octanol–water partition coefficient (Wildman–Crippen LogP) is 0.499. The molecular weight excluding hydrogens is 123 g/mol. The molecule has 1 atom stereocenters. The van der Waals surface area contributed by atoms with Crippen molar-refractivity contribution in [2.75, 3.05) is 7.05 Å². The molecule has 0 heterocycles. The van der Waals surface area contributed by atoms with Gasteiger partial charge in [-0.05, 0) is 13.0 Å². The Hall–Kier alpha value is -0.435. The summed E-state index contributed by atoms with van der Waals surface area (Å²) in [6.07, 6.45) is 0. The fourth-order valence-electron chi connectivity index (χ4n) is 1.16. The largest absolute Gasteiger partial charge is 0.401 e. The highest BCUT2D eigenvalue weighted by atomic mass is 15.1. The van der Waals surface area contributed by atoms with Crippen molar-refractivity contribution in [2.45, 2.75) is 19.9 Å². The Morgan fingerprint density at radius 2 is 2.00 bits per heavy atom. The van der Waals surface area contributed by atoms with Crippen LogP contribution < -0.4 is 5.73 Å². The molecule has 0 bridgehead atoms. The molecular formula is C7H15BN2. The minimum atomic E-state index is 0.0833. The lowest BCUT2D eigenvalue weighted by Gasteiger charge is -2.28. The molecule has 2 radical (unpaired) electrons. The average Bonchev–Trinajstić information content (AvgIpc) is 1.59. The molecule has 0 spiro atoms. The molecule has 2 N–H and O–H groups in total. The molecule has 0 aliphatic rings. The van der Waals surface area contributed by atoms with E-state index in [9.17, 15) is 0 Å². The zero-order valence-corrected chi connectivity index (χ0v) is 6.96. The van der Waals surface area contributed by atoms with Crippen LogP contribution in [0.2, 0.25) is 0 Å². The van der Waals surface area contributed by atoms with Crippen LogP contribution in [0.25, 0.3) is 0 Å². The number of hydrogen-bond donors (Lipinski definition) is 1. The van der Waals surface area contributed by atoms with E-state index in [1.54, 1.807) is 11.9 Å². The van der Waals surface area contributed by atoms with E-state index in [4.69, 9.17) is 13.7 Å². The third-order valence-corrected chi connectivity index (χ3v) is 1.45. The minimum absolute atomic E-state index is 0.0833. The fraction of sp³-hybridized carbons (Fsp3) is 0.714. The summed E-state index contributed by atoms with van der Waals surface area (Å²) in [6.45, 7) is 7.78. The van der Waals surface area contributed by atoms with Crippen LogP contribution in [-0.4, -0.2) is 25.9 Å². The molecule has 0 aromatic heterocycles. The lowest BCUT2D eigenvalue weighted by Crippen LogP contribution is -2.37. The van der Waals surface area contributed by atoms with Crippen molar-refractivity contribution >= 4 is 7.98 Å². The number of nitrogens with two attached hydrogens (primary N) is 1. The molecule has 0 fully saturated rings. The van der Waals surface area contributed by atoms with Crippen molar-refractivity contribution < 1.29 is 0 Å². The summed E-state index contributed by atoms with van der Waals surface area (Å²) in [4.78, 5) is 1.59. The van der Waals surface area contributed by atoms with Gasteiger partial charge in [0, 0.05) is 11.7 Å². The predicted molar refractivity (Wildman–Crippen MR) is 45.5 cm³/mol. The lowest BCUT2D eigenvalue weighted by molar-refractivity contribution is 0.347. The highest BCUT2D eigenvalue weighted by Crippen LogP contribution is 2.10. The Morgan fingerprint density at radius 3 is 2.00 bits per heavy atom. The van der Waals surface area contributed by atoms with E-state index in [0.717, 1.165) is 0 Å². The van der Waals surface area contributed by atoms with Crippen molar-refractivity contribution in [3.05, 3.63) is 12.3 Å². The minimum Gasteiger partial charge on any atom is -0.401 e. The summed E-state index contributed by atoms with van der Waals surface area (Å²) in [5, 5.41) is 0. The summed E-state index contributed by atoms with van der Waals surface area (Å²) in [5.41, 5.74) is 6.15. The van der Waals surface area contributed by atoms with Gasteiger partial charge >= 0.3 is 0 Å². The summed E-state index contributed by atoms with van der Waals surface area (Å²) < 4.78 is 0. The fourth-order valence-corrected chi connectivity index (χ4v) is 1.16. The van der Waals surface area contributed by atoms with E-state index >= 15 is 0 Å². The molecule has 0 aliphatic carbocycles. The molecule has 2 nitrogen and oxygen atoms in total. The third kappa shape index (κ3) is 2.44. The van der Waals surface area contributed by atoms with Gasteiger partial charge in [0.2, 0.25) is 0 Å². The van der Waals surface area contributed by atoms with Crippen LogP contribution in [0.5, 0.6) is 0 Å². The van der Waals surface area contributed by atoms with Gasteiger partial charge in [0.25, 0.3) is 0 Å². The van der Waals surface area contributed by atoms with Crippen molar-refractivity contribution in [3.8, 4) is 0 Å². The maximum Gasteiger partial charge on any atom is 0.183 e. The van der Waals surface area contributed by atoms with Crippen molar-refractivity contribution in [2.24, 2.45) is 11.7 Å². The van der Waals surface area contributed by atoms with Crippen molar-refractivity contribution in [1.29, 1.82) is 0 Å². The van der Waals surface area contributed by atoms with E-state index in [0.29, 0.717) is 11.6 Å². The van der Waals surface area contributed by atoms with E-state index < -0.39 is 0 Å². The molecule has 10 heavy (non-hydrogen) atoms. The zero-order valence-electron chi connectivity index (χ0n) is 6.96. The van der Waals surface area contributed by atoms with Gasteiger partial charge in [-0.3, -0.25) is 0 Å². The lowest BCUT2D eigenvalue weighted by atomic mass is 9.98. The first-order chi connectivity index (χ1) is 4.46. The Labute approximate surface area is 64.5 Å².